The fraction of sp³-hybridized carbons (Fsp3) is 0.909. The molecule has 82 valence electrons. The van der Waals surface area contributed by atoms with Crippen LogP contribution in [0.4, 0.5) is 0 Å². The first-order chi connectivity index (χ1) is 6.65. The zero-order chi connectivity index (χ0) is 10.6. The maximum atomic E-state index is 11.2. The van der Waals surface area contributed by atoms with Crippen molar-refractivity contribution in [3.8, 4) is 0 Å². The number of methoxy groups -OCH3 is 1. The molecule has 0 aromatic rings. The minimum Gasteiger partial charge on any atom is -0.469 e. The van der Waals surface area contributed by atoms with Gasteiger partial charge in [-0.3, -0.25) is 4.79 Å². The van der Waals surface area contributed by atoms with E-state index in [2.05, 4.69) is 0 Å². The first-order valence-electron chi connectivity index (χ1n) is 5.47. The highest BCUT2D eigenvalue weighted by Gasteiger charge is 2.29. The third-order valence-electron chi connectivity index (χ3n) is 3.31. The summed E-state index contributed by atoms with van der Waals surface area (Å²) >= 11 is 0. The molecule has 3 heteroatoms. The highest BCUT2D eigenvalue weighted by Crippen LogP contribution is 2.34. The van der Waals surface area contributed by atoms with Crippen LogP contribution in [0, 0.1) is 11.8 Å². The zero-order valence-electron chi connectivity index (χ0n) is 9.16. The largest absolute Gasteiger partial charge is 0.469 e. The molecular weight excluding hydrogens is 178 g/mol. The van der Waals surface area contributed by atoms with Gasteiger partial charge in [0.05, 0.1) is 13.5 Å². The third kappa shape index (κ3) is 2.98. The van der Waals surface area contributed by atoms with Crippen LogP contribution in [-0.2, 0) is 9.53 Å². The van der Waals surface area contributed by atoms with Gasteiger partial charge < -0.3 is 10.5 Å². The van der Waals surface area contributed by atoms with Crippen LogP contribution < -0.4 is 5.73 Å². The summed E-state index contributed by atoms with van der Waals surface area (Å²) < 4.78 is 4.70. The molecule has 0 radical (unpaired) electrons. The minimum atomic E-state index is -0.126. The fourth-order valence-corrected chi connectivity index (χ4v) is 2.44. The predicted octanol–water partition coefficient (Wildman–Crippen LogP) is 1.70. The van der Waals surface area contributed by atoms with E-state index in [1.54, 1.807) is 0 Å². The number of rotatable bonds is 4. The molecule has 0 spiro atoms. The first kappa shape index (κ1) is 11.5. The Morgan fingerprint density at radius 3 is 2.50 bits per heavy atom. The van der Waals surface area contributed by atoms with Gasteiger partial charge in [-0.05, 0) is 18.8 Å². The molecule has 14 heavy (non-hydrogen) atoms. The maximum Gasteiger partial charge on any atom is 0.305 e. The lowest BCUT2D eigenvalue weighted by molar-refractivity contribution is -0.142. The summed E-state index contributed by atoms with van der Waals surface area (Å²) in [6.07, 6.45) is 5.51. The summed E-state index contributed by atoms with van der Waals surface area (Å²) in [6.45, 7) is 1.99. The number of nitrogens with two attached hydrogens (primary N) is 1. The second-order valence-electron chi connectivity index (χ2n) is 4.35. The van der Waals surface area contributed by atoms with Crippen LogP contribution in [0.25, 0.3) is 0 Å². The monoisotopic (exact) mass is 199 g/mol. The number of hydrogen-bond acceptors (Lipinski definition) is 3. The van der Waals surface area contributed by atoms with Gasteiger partial charge in [0.1, 0.15) is 0 Å². The van der Waals surface area contributed by atoms with Gasteiger partial charge in [-0.15, -0.1) is 0 Å². The second-order valence-corrected chi connectivity index (χ2v) is 4.35. The smallest absolute Gasteiger partial charge is 0.305 e. The predicted molar refractivity (Wildman–Crippen MR) is 55.7 cm³/mol. The van der Waals surface area contributed by atoms with E-state index in [1.807, 2.05) is 6.92 Å². The minimum absolute atomic E-state index is 0.0946. The van der Waals surface area contributed by atoms with Crippen LogP contribution in [0.15, 0.2) is 0 Å². The molecule has 3 nitrogen and oxygen atoms in total. The van der Waals surface area contributed by atoms with Crippen molar-refractivity contribution in [1.82, 2.24) is 0 Å². The number of esters is 1. The fourth-order valence-electron chi connectivity index (χ4n) is 2.44. The van der Waals surface area contributed by atoms with Crippen molar-refractivity contribution in [3.63, 3.8) is 0 Å². The van der Waals surface area contributed by atoms with Gasteiger partial charge in [0.25, 0.3) is 0 Å². The van der Waals surface area contributed by atoms with Crippen molar-refractivity contribution in [1.29, 1.82) is 0 Å². The van der Waals surface area contributed by atoms with Crippen LogP contribution >= 0.6 is 0 Å². The van der Waals surface area contributed by atoms with Gasteiger partial charge in [0.2, 0.25) is 0 Å². The lowest BCUT2D eigenvalue weighted by Gasteiger charge is -2.25. The van der Waals surface area contributed by atoms with Crippen molar-refractivity contribution < 1.29 is 9.53 Å². The molecule has 2 unspecified atom stereocenters. The summed E-state index contributed by atoms with van der Waals surface area (Å²) in [5.41, 5.74) is 5.91. The van der Waals surface area contributed by atoms with E-state index in [0.717, 1.165) is 0 Å². The Kier molecular flexibility index (Phi) is 4.39. The summed E-state index contributed by atoms with van der Waals surface area (Å²) in [7, 11) is 1.44. The van der Waals surface area contributed by atoms with Crippen molar-refractivity contribution in [2.24, 2.45) is 17.6 Å². The lowest BCUT2D eigenvalue weighted by atomic mass is 9.83. The quantitative estimate of drug-likeness (QED) is 0.701. The topological polar surface area (TPSA) is 52.3 Å². The van der Waals surface area contributed by atoms with Crippen LogP contribution in [0.2, 0.25) is 0 Å². The van der Waals surface area contributed by atoms with E-state index in [4.69, 9.17) is 10.5 Å². The van der Waals surface area contributed by atoms with Crippen molar-refractivity contribution in [3.05, 3.63) is 0 Å². The molecule has 1 aliphatic carbocycles. The molecule has 0 aliphatic heterocycles. The van der Waals surface area contributed by atoms with Crippen LogP contribution in [-0.4, -0.2) is 19.1 Å². The molecule has 0 heterocycles. The summed E-state index contributed by atoms with van der Waals surface area (Å²) in [5.74, 6) is 0.818. The second kappa shape index (κ2) is 5.35. The Bertz CT molecular complexity index is 186. The molecule has 2 atom stereocenters. The number of ether oxygens (including phenoxy) is 1. The Morgan fingerprint density at radius 2 is 2.07 bits per heavy atom. The molecule has 0 amide bonds. The average Bonchev–Trinajstić information content (AvgIpc) is 2.65. The van der Waals surface area contributed by atoms with Gasteiger partial charge in [0.15, 0.2) is 0 Å². The normalized spacial score (nSPS) is 21.9. The van der Waals surface area contributed by atoms with E-state index in [0.29, 0.717) is 18.3 Å². The van der Waals surface area contributed by atoms with Crippen molar-refractivity contribution in [2.45, 2.75) is 45.1 Å². The summed E-state index contributed by atoms with van der Waals surface area (Å²) in [5, 5.41) is 0. The van der Waals surface area contributed by atoms with E-state index < -0.39 is 0 Å². The van der Waals surface area contributed by atoms with Crippen molar-refractivity contribution >= 4 is 5.97 Å². The van der Waals surface area contributed by atoms with Crippen LogP contribution in [0.1, 0.15) is 39.0 Å². The van der Waals surface area contributed by atoms with E-state index >= 15 is 0 Å². The summed E-state index contributed by atoms with van der Waals surface area (Å²) in [4.78, 5) is 11.2. The molecule has 0 aromatic carbocycles. The molecular formula is C11H21NO2. The average molecular weight is 199 g/mol. The van der Waals surface area contributed by atoms with Crippen LogP contribution in [0.3, 0.4) is 0 Å². The zero-order valence-corrected chi connectivity index (χ0v) is 9.16. The number of carbonyl (C=O) groups excluding carboxylic acids is 1. The molecule has 1 rings (SSSR count). The van der Waals surface area contributed by atoms with Gasteiger partial charge in [-0.1, -0.05) is 25.7 Å². The summed E-state index contributed by atoms with van der Waals surface area (Å²) in [6, 6.07) is 0.0946. The molecule has 1 saturated carbocycles. The van der Waals surface area contributed by atoms with Crippen molar-refractivity contribution in [2.75, 3.05) is 7.11 Å². The standard InChI is InChI=1S/C11H21NO2/c1-8(12)10(7-11(13)14-2)9-5-3-4-6-9/h8-10H,3-7,12H2,1-2H3. The van der Waals surface area contributed by atoms with Gasteiger partial charge in [0, 0.05) is 6.04 Å². The molecule has 1 aliphatic rings. The SMILES string of the molecule is COC(=O)CC(C(C)N)C1CCCC1. The Morgan fingerprint density at radius 1 is 1.50 bits per heavy atom. The highest BCUT2D eigenvalue weighted by atomic mass is 16.5. The van der Waals surface area contributed by atoms with E-state index in [-0.39, 0.29) is 12.0 Å². The van der Waals surface area contributed by atoms with Gasteiger partial charge in [-0.2, -0.15) is 0 Å². The van der Waals surface area contributed by atoms with Crippen LogP contribution in [0.5, 0.6) is 0 Å². The molecule has 2 N–H and O–H groups in total. The first-order valence-corrected chi connectivity index (χ1v) is 5.47. The number of hydrogen-bond donors (Lipinski definition) is 1. The van der Waals surface area contributed by atoms with E-state index in [9.17, 15) is 4.79 Å². The Hall–Kier alpha value is -0.570. The number of carbonyl (C=O) groups is 1. The molecule has 0 saturated heterocycles. The van der Waals surface area contributed by atoms with E-state index in [1.165, 1.54) is 32.8 Å². The molecule has 1 fully saturated rings. The third-order valence-corrected chi connectivity index (χ3v) is 3.31. The highest BCUT2D eigenvalue weighted by molar-refractivity contribution is 5.69. The molecule has 0 bridgehead atoms. The Balaban J connectivity index is 2.49. The lowest BCUT2D eigenvalue weighted by Crippen LogP contribution is -2.33. The van der Waals surface area contributed by atoms with Gasteiger partial charge in [-0.25, -0.2) is 0 Å². The molecule has 0 aromatic heterocycles. The Labute approximate surface area is 86.0 Å². The maximum absolute atomic E-state index is 11.2. The van der Waals surface area contributed by atoms with Gasteiger partial charge >= 0.3 is 5.97 Å².